The third-order valence-corrected chi connectivity index (χ3v) is 4.22. The van der Waals surface area contributed by atoms with Gasteiger partial charge >= 0.3 is 0 Å². The summed E-state index contributed by atoms with van der Waals surface area (Å²) in [5, 5.41) is 18.1. The molecule has 0 bridgehead atoms. The number of rotatable bonds is 6. The maximum Gasteiger partial charge on any atom is 0.239 e. The van der Waals surface area contributed by atoms with E-state index in [0.717, 1.165) is 16.9 Å². The number of aryl methyl sites for hydroxylation is 1. The monoisotopic (exact) mass is 365 g/mol. The molecular weight excluding hydrogens is 346 g/mol. The van der Waals surface area contributed by atoms with E-state index in [1.165, 1.54) is 6.20 Å². The summed E-state index contributed by atoms with van der Waals surface area (Å²) in [5.74, 6) is 0.114. The van der Waals surface area contributed by atoms with E-state index in [1.54, 1.807) is 12.1 Å². The molecule has 5 N–H and O–H groups in total. The molecule has 138 valence electrons. The number of primary amides is 1. The second kappa shape index (κ2) is 7.70. The van der Waals surface area contributed by atoms with Crippen LogP contribution in [0.15, 0.2) is 24.4 Å². The average molecular weight is 365 g/mol. The van der Waals surface area contributed by atoms with Crippen molar-refractivity contribution in [3.05, 3.63) is 35.7 Å². The lowest BCUT2D eigenvalue weighted by molar-refractivity contribution is -0.119. The van der Waals surface area contributed by atoms with Crippen LogP contribution in [-0.4, -0.2) is 27.8 Å². The van der Waals surface area contributed by atoms with Crippen molar-refractivity contribution in [2.45, 2.75) is 32.2 Å². The molecule has 3 rings (SSSR count). The lowest BCUT2D eigenvalue weighted by Crippen LogP contribution is -2.35. The molecule has 0 fully saturated rings. The summed E-state index contributed by atoms with van der Waals surface area (Å²) in [6.45, 7) is 1.82. The van der Waals surface area contributed by atoms with Gasteiger partial charge in [0.25, 0.3) is 0 Å². The lowest BCUT2D eigenvalue weighted by atomic mass is 10.0. The molecule has 27 heavy (non-hydrogen) atoms. The Morgan fingerprint density at radius 1 is 1.44 bits per heavy atom. The number of nitriles is 1. The molecule has 9 nitrogen and oxygen atoms in total. The maximum absolute atomic E-state index is 11.5. The largest absolute Gasteiger partial charge is 0.368 e. The summed E-state index contributed by atoms with van der Waals surface area (Å²) < 4.78 is 0. The van der Waals surface area contributed by atoms with Crippen molar-refractivity contribution in [3.8, 4) is 6.07 Å². The highest BCUT2D eigenvalue weighted by Gasteiger charge is 2.17. The van der Waals surface area contributed by atoms with Gasteiger partial charge in [-0.1, -0.05) is 6.92 Å². The number of anilines is 4. The van der Waals surface area contributed by atoms with E-state index >= 15 is 0 Å². The van der Waals surface area contributed by atoms with Crippen LogP contribution in [0.3, 0.4) is 0 Å². The van der Waals surface area contributed by atoms with Crippen LogP contribution < -0.4 is 21.7 Å². The SMILES string of the molecule is CC[C@@H](Nc1cnc(C#N)c(Nc2ccc3c(c2)CCC(=O)N3)n1)C(N)=O. The standard InChI is InChI=1S/C18H19N7O2/c1-2-12(17(20)27)23-15-9-21-14(8-19)18(25-15)22-11-4-5-13-10(7-11)3-6-16(26)24-13/h4-5,7,9,12H,2-3,6H2,1H3,(H2,20,27)(H,24,26)(H2,22,23,25)/t12-/m1/s1. The molecule has 2 aromatic rings. The van der Waals surface area contributed by atoms with E-state index in [-0.39, 0.29) is 17.4 Å². The van der Waals surface area contributed by atoms with Crippen LogP contribution in [0, 0.1) is 11.3 Å². The number of nitrogens with one attached hydrogen (secondary N) is 3. The molecule has 0 saturated heterocycles. The highest BCUT2D eigenvalue weighted by molar-refractivity contribution is 5.94. The summed E-state index contributed by atoms with van der Waals surface area (Å²) >= 11 is 0. The molecule has 0 saturated carbocycles. The first kappa shape index (κ1) is 18.1. The third kappa shape index (κ3) is 4.12. The Kier molecular flexibility index (Phi) is 5.17. The molecular formula is C18H19N7O2. The Bertz CT molecular complexity index is 936. The fourth-order valence-corrected chi connectivity index (χ4v) is 2.78. The van der Waals surface area contributed by atoms with Gasteiger partial charge < -0.3 is 21.7 Å². The summed E-state index contributed by atoms with van der Waals surface area (Å²) in [5.41, 5.74) is 7.96. The zero-order chi connectivity index (χ0) is 19.4. The molecule has 0 spiro atoms. The van der Waals surface area contributed by atoms with Crippen molar-refractivity contribution in [1.82, 2.24) is 9.97 Å². The minimum absolute atomic E-state index is 0.000419. The Labute approximate surface area is 156 Å². The molecule has 1 atom stereocenters. The van der Waals surface area contributed by atoms with E-state index in [4.69, 9.17) is 5.73 Å². The molecule has 0 aliphatic carbocycles. The van der Waals surface area contributed by atoms with Crippen molar-refractivity contribution in [2.24, 2.45) is 5.73 Å². The van der Waals surface area contributed by atoms with Gasteiger partial charge in [0.15, 0.2) is 11.5 Å². The molecule has 2 heterocycles. The van der Waals surface area contributed by atoms with Crippen molar-refractivity contribution in [1.29, 1.82) is 5.26 Å². The van der Waals surface area contributed by atoms with Crippen LogP contribution >= 0.6 is 0 Å². The lowest BCUT2D eigenvalue weighted by Gasteiger charge is -2.18. The first-order valence-electron chi connectivity index (χ1n) is 8.53. The average Bonchev–Trinajstić information content (AvgIpc) is 2.66. The first-order chi connectivity index (χ1) is 13.0. The Morgan fingerprint density at radius 3 is 2.96 bits per heavy atom. The van der Waals surface area contributed by atoms with Gasteiger partial charge in [-0.05, 0) is 36.6 Å². The van der Waals surface area contributed by atoms with E-state index < -0.39 is 11.9 Å². The van der Waals surface area contributed by atoms with E-state index in [1.807, 2.05) is 19.1 Å². The Morgan fingerprint density at radius 2 is 2.26 bits per heavy atom. The van der Waals surface area contributed by atoms with Gasteiger partial charge in [-0.3, -0.25) is 9.59 Å². The summed E-state index contributed by atoms with van der Waals surface area (Å²) in [7, 11) is 0. The fourth-order valence-electron chi connectivity index (χ4n) is 2.78. The van der Waals surface area contributed by atoms with E-state index in [9.17, 15) is 14.9 Å². The van der Waals surface area contributed by atoms with Gasteiger partial charge in [-0.2, -0.15) is 5.26 Å². The number of aromatic nitrogens is 2. The molecule has 1 aromatic heterocycles. The van der Waals surface area contributed by atoms with Crippen LogP contribution in [0.25, 0.3) is 0 Å². The van der Waals surface area contributed by atoms with Gasteiger partial charge in [-0.15, -0.1) is 0 Å². The van der Waals surface area contributed by atoms with Crippen LogP contribution in [-0.2, 0) is 16.0 Å². The van der Waals surface area contributed by atoms with Crippen LogP contribution in [0.1, 0.15) is 31.0 Å². The molecule has 0 unspecified atom stereocenters. The number of nitrogens with two attached hydrogens (primary N) is 1. The van der Waals surface area contributed by atoms with Crippen molar-refractivity contribution >= 4 is 34.8 Å². The fraction of sp³-hybridized carbons (Fsp3) is 0.278. The van der Waals surface area contributed by atoms with Crippen LogP contribution in [0.2, 0.25) is 0 Å². The topological polar surface area (TPSA) is 146 Å². The number of hydrogen-bond donors (Lipinski definition) is 4. The van der Waals surface area contributed by atoms with Crippen LogP contribution in [0.4, 0.5) is 23.0 Å². The molecule has 1 aliphatic heterocycles. The number of fused-ring (bicyclic) bond motifs is 1. The Balaban J connectivity index is 1.85. The zero-order valence-electron chi connectivity index (χ0n) is 14.7. The third-order valence-electron chi connectivity index (χ3n) is 4.22. The number of carbonyl (C=O) groups excluding carboxylic acids is 2. The van der Waals surface area contributed by atoms with Gasteiger partial charge in [0.2, 0.25) is 11.8 Å². The van der Waals surface area contributed by atoms with Gasteiger partial charge in [0.05, 0.1) is 6.20 Å². The quantitative estimate of drug-likeness (QED) is 0.609. The normalized spacial score (nSPS) is 13.7. The molecule has 1 aromatic carbocycles. The summed E-state index contributed by atoms with van der Waals surface area (Å²) in [6.07, 6.45) is 2.96. The molecule has 0 radical (unpaired) electrons. The molecule has 2 amide bonds. The van der Waals surface area contributed by atoms with E-state index in [2.05, 4.69) is 25.9 Å². The number of amides is 2. The summed E-state index contributed by atoms with van der Waals surface area (Å²) in [6, 6.07) is 6.90. The number of benzene rings is 1. The second-order valence-electron chi connectivity index (χ2n) is 6.12. The number of nitrogens with zero attached hydrogens (tertiary/aromatic N) is 3. The summed E-state index contributed by atoms with van der Waals surface area (Å²) in [4.78, 5) is 31.3. The smallest absolute Gasteiger partial charge is 0.239 e. The van der Waals surface area contributed by atoms with Gasteiger partial charge in [0, 0.05) is 17.8 Å². The van der Waals surface area contributed by atoms with Crippen molar-refractivity contribution in [2.75, 3.05) is 16.0 Å². The number of carbonyl (C=O) groups is 2. The van der Waals surface area contributed by atoms with Crippen molar-refractivity contribution < 1.29 is 9.59 Å². The minimum atomic E-state index is -0.576. The van der Waals surface area contributed by atoms with Gasteiger partial charge in [-0.25, -0.2) is 9.97 Å². The van der Waals surface area contributed by atoms with Gasteiger partial charge in [0.1, 0.15) is 17.9 Å². The van der Waals surface area contributed by atoms with E-state index in [0.29, 0.717) is 25.1 Å². The predicted octanol–water partition coefficient (Wildman–Crippen LogP) is 1.65. The second-order valence-corrected chi connectivity index (χ2v) is 6.12. The first-order valence-corrected chi connectivity index (χ1v) is 8.53. The maximum atomic E-state index is 11.5. The zero-order valence-corrected chi connectivity index (χ0v) is 14.7. The number of hydrogen-bond acceptors (Lipinski definition) is 7. The molecule has 9 heteroatoms. The minimum Gasteiger partial charge on any atom is -0.368 e. The predicted molar refractivity (Wildman–Crippen MR) is 100 cm³/mol. The highest BCUT2D eigenvalue weighted by Crippen LogP contribution is 2.27. The van der Waals surface area contributed by atoms with Crippen LogP contribution in [0.5, 0.6) is 0 Å². The van der Waals surface area contributed by atoms with Crippen molar-refractivity contribution in [3.63, 3.8) is 0 Å². The highest BCUT2D eigenvalue weighted by atomic mass is 16.2. The Hall–Kier alpha value is -3.67. The molecule has 1 aliphatic rings.